The standard InChI is InChI=1S/C12H14O2.3CO.Cr/c1-9(13)14-12-8-4-6-10-5-2-3-7-11(10)12;3*1-2;/h2-3,5,7,12H,4,6,8H2,1H3;;;;/t12-;;;;/m0..../s1. The van der Waals surface area contributed by atoms with Gasteiger partial charge in [-0.1, -0.05) is 24.3 Å². The summed E-state index contributed by atoms with van der Waals surface area (Å²) in [6.07, 6.45) is 3.15. The van der Waals surface area contributed by atoms with E-state index in [1.807, 2.05) is 12.1 Å². The number of rotatable bonds is 1. The fourth-order valence-electron chi connectivity index (χ4n) is 2.03. The van der Waals surface area contributed by atoms with E-state index in [1.165, 1.54) is 18.1 Å². The summed E-state index contributed by atoms with van der Waals surface area (Å²) in [7, 11) is 0. The molecule has 0 aliphatic heterocycles. The Kier molecular flexibility index (Phi) is 19.2. The number of hydrogen-bond acceptors (Lipinski definition) is 2. The van der Waals surface area contributed by atoms with Crippen molar-refractivity contribution in [2.45, 2.75) is 32.3 Å². The minimum Gasteiger partial charge on any atom is 0 e. The molecule has 0 saturated heterocycles. The normalized spacial score (nSPS) is 13.6. The molecule has 1 atom stereocenters. The van der Waals surface area contributed by atoms with Gasteiger partial charge in [0.05, 0.1) is 0 Å². The Morgan fingerprint density at radius 2 is 1.67 bits per heavy atom. The Balaban J connectivity index is -0.000000414. The Labute approximate surface area is 135 Å². The van der Waals surface area contributed by atoms with Gasteiger partial charge in [-0.2, -0.15) is 0 Å². The molecular formula is C15H14CrO5. The summed E-state index contributed by atoms with van der Waals surface area (Å²) in [4.78, 5) is 10.9. The molecule has 0 fully saturated rings. The van der Waals surface area contributed by atoms with E-state index in [2.05, 4.69) is 32.1 Å². The molecule has 1 aliphatic carbocycles. The smallest absolute Gasteiger partial charge is 0 e. The Bertz CT molecular complexity index is 450. The number of carbonyl (C=O) groups is 1. The molecule has 21 heavy (non-hydrogen) atoms. The summed E-state index contributed by atoms with van der Waals surface area (Å²) in [6, 6.07) is 8.21. The van der Waals surface area contributed by atoms with Crippen LogP contribution in [0.4, 0.5) is 0 Å². The third-order valence-corrected chi connectivity index (χ3v) is 2.62. The van der Waals surface area contributed by atoms with Crippen LogP contribution < -0.4 is 0 Å². The minimum absolute atomic E-state index is 0. The number of fused-ring (bicyclic) bond motifs is 1. The molecule has 0 amide bonds. The number of hydrogen-bond donors (Lipinski definition) is 0. The first kappa shape index (κ1) is 24.5. The average Bonchev–Trinajstić information content (AvgIpc) is 2.53. The fraction of sp³-hybridized carbons (Fsp3) is 0.333. The molecule has 2 rings (SSSR count). The van der Waals surface area contributed by atoms with Crippen LogP contribution in [0.15, 0.2) is 24.3 Å². The fourth-order valence-corrected chi connectivity index (χ4v) is 2.03. The van der Waals surface area contributed by atoms with Gasteiger partial charge >= 0.3 is 39.9 Å². The molecule has 1 aromatic rings. The molecule has 0 N–H and O–H groups in total. The molecule has 0 heterocycles. The third-order valence-electron chi connectivity index (χ3n) is 2.62. The molecule has 0 radical (unpaired) electrons. The van der Waals surface area contributed by atoms with Crippen LogP contribution in [0.3, 0.4) is 0 Å². The minimum atomic E-state index is -0.188. The van der Waals surface area contributed by atoms with Crippen LogP contribution in [0.5, 0.6) is 0 Å². The van der Waals surface area contributed by atoms with E-state index in [0.29, 0.717) is 0 Å². The van der Waals surface area contributed by atoms with Crippen molar-refractivity contribution in [2.24, 2.45) is 0 Å². The quantitative estimate of drug-likeness (QED) is 0.451. The second-order valence-electron chi connectivity index (χ2n) is 3.69. The van der Waals surface area contributed by atoms with E-state index in [4.69, 9.17) is 18.7 Å². The molecule has 1 aromatic carbocycles. The molecular weight excluding hydrogens is 312 g/mol. The number of esters is 1. The number of benzene rings is 1. The maximum Gasteiger partial charge on any atom is 0 e. The van der Waals surface area contributed by atoms with Gasteiger partial charge in [0, 0.05) is 24.3 Å². The van der Waals surface area contributed by atoms with E-state index in [1.54, 1.807) is 0 Å². The third kappa shape index (κ3) is 9.07. The summed E-state index contributed by atoms with van der Waals surface area (Å²) in [5.41, 5.74) is 2.51. The molecule has 0 unspecified atom stereocenters. The van der Waals surface area contributed by atoms with Crippen LogP contribution in [0.25, 0.3) is 0 Å². The Morgan fingerprint density at radius 1 is 1.14 bits per heavy atom. The van der Waals surface area contributed by atoms with E-state index < -0.39 is 0 Å². The van der Waals surface area contributed by atoms with Crippen LogP contribution in [0.2, 0.25) is 0 Å². The van der Waals surface area contributed by atoms with Gasteiger partial charge in [-0.05, 0) is 30.4 Å². The van der Waals surface area contributed by atoms with Crippen molar-refractivity contribution >= 4 is 5.97 Å². The molecule has 0 saturated carbocycles. The monoisotopic (exact) mass is 326 g/mol. The molecule has 0 spiro atoms. The van der Waals surface area contributed by atoms with Crippen LogP contribution in [0.1, 0.15) is 37.0 Å². The zero-order valence-corrected chi connectivity index (χ0v) is 12.7. The molecule has 6 heteroatoms. The first-order valence-corrected chi connectivity index (χ1v) is 5.63. The maximum absolute atomic E-state index is 10.9. The summed E-state index contributed by atoms with van der Waals surface area (Å²) < 4.78 is 27.8. The Morgan fingerprint density at radius 3 is 2.19 bits per heavy atom. The average molecular weight is 326 g/mol. The van der Waals surface area contributed by atoms with Crippen molar-refractivity contribution < 1.29 is 40.8 Å². The van der Waals surface area contributed by atoms with Gasteiger partial charge in [-0.3, -0.25) is 4.79 Å². The van der Waals surface area contributed by atoms with Gasteiger partial charge in [0.15, 0.2) is 0 Å². The molecule has 110 valence electrons. The summed E-state index contributed by atoms with van der Waals surface area (Å²) in [6.45, 7) is 15.0. The summed E-state index contributed by atoms with van der Waals surface area (Å²) in [5.74, 6) is -0.188. The Hall–Kier alpha value is -1.56. The first-order valence-electron chi connectivity index (χ1n) is 5.63. The van der Waals surface area contributed by atoms with Gasteiger partial charge in [-0.15, -0.1) is 0 Å². The van der Waals surface area contributed by atoms with Gasteiger partial charge in [0.1, 0.15) is 6.10 Å². The number of aryl methyl sites for hydroxylation is 1. The number of ether oxygens (including phenoxy) is 1. The van der Waals surface area contributed by atoms with E-state index in [0.717, 1.165) is 19.3 Å². The largest absolute Gasteiger partial charge is 0 e. The van der Waals surface area contributed by atoms with Gasteiger partial charge in [0.25, 0.3) is 0 Å². The van der Waals surface area contributed by atoms with E-state index in [-0.39, 0.29) is 29.4 Å². The van der Waals surface area contributed by atoms with Gasteiger partial charge in [-0.25, -0.2) is 0 Å². The predicted molar refractivity (Wildman–Crippen MR) is 65.7 cm³/mol. The zero-order chi connectivity index (χ0) is 16.0. The van der Waals surface area contributed by atoms with Crippen LogP contribution >= 0.6 is 0 Å². The van der Waals surface area contributed by atoms with Crippen molar-refractivity contribution in [1.29, 1.82) is 0 Å². The molecule has 0 aromatic heterocycles. The predicted octanol–water partition coefficient (Wildman–Crippen LogP) is 2.51. The second-order valence-corrected chi connectivity index (χ2v) is 3.69. The zero-order valence-electron chi connectivity index (χ0n) is 11.5. The SMILES string of the molecule is CC(=O)O[C@H]1CCCc2ccccc21.[C-]#[O+].[C-]#[O+].[C-]#[O+].[Cr]. The molecule has 5 nitrogen and oxygen atoms in total. The van der Waals surface area contributed by atoms with Crippen molar-refractivity contribution in [3.63, 3.8) is 0 Å². The van der Waals surface area contributed by atoms with Gasteiger partial charge in [0.2, 0.25) is 0 Å². The second kappa shape index (κ2) is 16.5. The van der Waals surface area contributed by atoms with Crippen molar-refractivity contribution in [2.75, 3.05) is 0 Å². The van der Waals surface area contributed by atoms with Crippen molar-refractivity contribution in [3.05, 3.63) is 55.3 Å². The number of carbonyl (C=O) groups excluding carboxylic acids is 1. The van der Waals surface area contributed by atoms with E-state index >= 15 is 0 Å². The van der Waals surface area contributed by atoms with Crippen LogP contribution in [-0.4, -0.2) is 5.97 Å². The molecule has 0 bridgehead atoms. The summed E-state index contributed by atoms with van der Waals surface area (Å²) in [5, 5.41) is 0. The van der Waals surface area contributed by atoms with E-state index in [9.17, 15) is 4.79 Å². The van der Waals surface area contributed by atoms with Crippen LogP contribution in [0, 0.1) is 20.0 Å². The first-order chi connectivity index (χ1) is 9.77. The summed E-state index contributed by atoms with van der Waals surface area (Å²) >= 11 is 0. The topological polar surface area (TPSA) is 86.0 Å². The van der Waals surface area contributed by atoms with Crippen molar-refractivity contribution in [3.8, 4) is 0 Å². The van der Waals surface area contributed by atoms with Crippen LogP contribution in [-0.2, 0) is 47.3 Å². The van der Waals surface area contributed by atoms with Gasteiger partial charge < -0.3 is 4.74 Å². The molecule has 1 aliphatic rings. The maximum atomic E-state index is 10.9. The van der Waals surface area contributed by atoms with Crippen molar-refractivity contribution in [1.82, 2.24) is 0 Å².